The molecule has 94 valence electrons. The van der Waals surface area contributed by atoms with Crippen molar-refractivity contribution in [3.8, 4) is 0 Å². The molecule has 3 nitrogen and oxygen atoms in total. The Kier molecular flexibility index (Phi) is 2.46. The number of ketones is 2. The number of hydrogen-bond donors (Lipinski definition) is 1. The van der Waals surface area contributed by atoms with Crippen molar-refractivity contribution in [1.82, 2.24) is 0 Å². The van der Waals surface area contributed by atoms with Crippen LogP contribution in [0.1, 0.15) is 20.7 Å². The molecule has 0 atom stereocenters. The average Bonchev–Trinajstić information content (AvgIpc) is 2.35. The van der Waals surface area contributed by atoms with Crippen LogP contribution in [0.2, 0.25) is 0 Å². The molecule has 0 radical (unpaired) electrons. The van der Waals surface area contributed by atoms with Crippen molar-refractivity contribution in [2.24, 2.45) is 0 Å². The quantitative estimate of drug-likeness (QED) is 0.443. The van der Waals surface area contributed by atoms with Crippen LogP contribution >= 0.6 is 0 Å². The number of carbonyl (C=O) groups excluding carboxylic acids is 2. The summed E-state index contributed by atoms with van der Waals surface area (Å²) in [5, 5.41) is 0. The van der Waals surface area contributed by atoms with Crippen molar-refractivity contribution >= 4 is 17.3 Å². The third-order valence-corrected chi connectivity index (χ3v) is 2.41. The summed E-state index contributed by atoms with van der Waals surface area (Å²) in [5.74, 6) is -14.2. The topological polar surface area (TPSA) is 60.2 Å². The number of rotatable bonds is 0. The van der Waals surface area contributed by atoms with Crippen molar-refractivity contribution in [2.45, 2.75) is 0 Å². The standard InChI is InChI=1S/C10H2F5NO2/c11-3-1-2(8(16)5(13)4(3)12)10(18)7(15)6(14)9(1)17/h16H2. The Morgan fingerprint density at radius 3 is 1.61 bits per heavy atom. The molecule has 8 heteroatoms. The van der Waals surface area contributed by atoms with Gasteiger partial charge in [-0.25, -0.2) is 13.2 Å². The number of benzene rings is 1. The highest BCUT2D eigenvalue weighted by molar-refractivity contribution is 6.27. The first kappa shape index (κ1) is 12.2. The van der Waals surface area contributed by atoms with Gasteiger partial charge in [0.15, 0.2) is 17.5 Å². The summed E-state index contributed by atoms with van der Waals surface area (Å²) in [5.41, 5.74) is 1.10. The van der Waals surface area contributed by atoms with Crippen LogP contribution in [0, 0.1) is 17.5 Å². The fourth-order valence-corrected chi connectivity index (χ4v) is 1.55. The van der Waals surface area contributed by atoms with Crippen molar-refractivity contribution in [3.63, 3.8) is 0 Å². The Bertz CT molecular complexity index is 595. The summed E-state index contributed by atoms with van der Waals surface area (Å²) >= 11 is 0. The fraction of sp³-hybridized carbons (Fsp3) is 0. The van der Waals surface area contributed by atoms with Crippen LogP contribution in [0.3, 0.4) is 0 Å². The van der Waals surface area contributed by atoms with Crippen LogP contribution in [0.5, 0.6) is 0 Å². The van der Waals surface area contributed by atoms with E-state index in [-0.39, 0.29) is 0 Å². The molecule has 0 amide bonds. The predicted molar refractivity (Wildman–Crippen MR) is 48.6 cm³/mol. The van der Waals surface area contributed by atoms with Crippen molar-refractivity contribution < 1.29 is 31.5 Å². The van der Waals surface area contributed by atoms with Crippen LogP contribution in [0.4, 0.5) is 27.6 Å². The average molecular weight is 263 g/mol. The van der Waals surface area contributed by atoms with E-state index in [0.717, 1.165) is 0 Å². The van der Waals surface area contributed by atoms with Gasteiger partial charge in [0, 0.05) is 0 Å². The second-order valence-corrected chi connectivity index (χ2v) is 3.39. The van der Waals surface area contributed by atoms with E-state index in [2.05, 4.69) is 0 Å². The number of carbonyl (C=O) groups is 2. The normalized spacial score (nSPS) is 15.2. The number of Topliss-reactive ketones (excluding diaryl/α,β-unsaturated/α-hetero) is 2. The third kappa shape index (κ3) is 1.28. The van der Waals surface area contributed by atoms with Gasteiger partial charge in [0.1, 0.15) is 0 Å². The van der Waals surface area contributed by atoms with Crippen LogP contribution in [-0.2, 0) is 0 Å². The molecule has 1 aromatic carbocycles. The Morgan fingerprint density at radius 2 is 1.11 bits per heavy atom. The van der Waals surface area contributed by atoms with E-state index in [1.54, 1.807) is 0 Å². The van der Waals surface area contributed by atoms with Gasteiger partial charge in [-0.2, -0.15) is 8.78 Å². The van der Waals surface area contributed by atoms with E-state index in [4.69, 9.17) is 5.73 Å². The van der Waals surface area contributed by atoms with Gasteiger partial charge in [-0.15, -0.1) is 0 Å². The molecule has 0 saturated carbocycles. The fourth-order valence-electron chi connectivity index (χ4n) is 1.55. The maximum atomic E-state index is 13.3. The summed E-state index contributed by atoms with van der Waals surface area (Å²) in [6.45, 7) is 0. The molecule has 0 bridgehead atoms. The van der Waals surface area contributed by atoms with Crippen LogP contribution in [0.25, 0.3) is 0 Å². The predicted octanol–water partition coefficient (Wildman–Crippen LogP) is 2.22. The highest BCUT2D eigenvalue weighted by Crippen LogP contribution is 2.35. The van der Waals surface area contributed by atoms with E-state index in [1.165, 1.54) is 0 Å². The minimum Gasteiger partial charge on any atom is -0.396 e. The molecule has 0 saturated heterocycles. The first-order chi connectivity index (χ1) is 8.29. The zero-order chi connectivity index (χ0) is 13.8. The van der Waals surface area contributed by atoms with Crippen LogP contribution < -0.4 is 5.73 Å². The number of anilines is 1. The number of fused-ring (bicyclic) bond motifs is 1. The molecule has 0 aromatic heterocycles. The summed E-state index contributed by atoms with van der Waals surface area (Å²) in [6.07, 6.45) is 0. The molecular formula is C10H2F5NO2. The Hall–Kier alpha value is -2.25. The number of nitrogen functional groups attached to an aromatic ring is 1. The van der Waals surface area contributed by atoms with E-state index in [9.17, 15) is 31.5 Å². The molecule has 1 aliphatic rings. The minimum absolute atomic E-state index is 1.21. The lowest BCUT2D eigenvalue weighted by atomic mass is 9.91. The van der Waals surface area contributed by atoms with E-state index < -0.39 is 57.5 Å². The van der Waals surface area contributed by atoms with Gasteiger partial charge in [0.25, 0.3) is 0 Å². The smallest absolute Gasteiger partial charge is 0.228 e. The first-order valence-corrected chi connectivity index (χ1v) is 4.39. The molecule has 1 aliphatic carbocycles. The Balaban J connectivity index is 2.96. The van der Waals surface area contributed by atoms with Crippen LogP contribution in [0.15, 0.2) is 11.7 Å². The molecule has 0 spiro atoms. The Labute approximate surface area is 95.7 Å². The van der Waals surface area contributed by atoms with Crippen molar-refractivity contribution in [2.75, 3.05) is 5.73 Å². The summed E-state index contributed by atoms with van der Waals surface area (Å²) < 4.78 is 65.3. The SMILES string of the molecule is Nc1c(F)c(F)c(F)c2c1C(=O)C(F)=C(F)C2=O. The van der Waals surface area contributed by atoms with Crippen molar-refractivity contribution in [1.29, 1.82) is 0 Å². The zero-order valence-electron chi connectivity index (χ0n) is 8.28. The molecule has 2 rings (SSSR count). The monoisotopic (exact) mass is 263 g/mol. The van der Waals surface area contributed by atoms with Gasteiger partial charge >= 0.3 is 0 Å². The highest BCUT2D eigenvalue weighted by atomic mass is 19.2. The highest BCUT2D eigenvalue weighted by Gasteiger charge is 2.40. The van der Waals surface area contributed by atoms with Gasteiger partial charge in [0.2, 0.25) is 23.2 Å². The molecule has 1 aromatic rings. The minimum atomic E-state index is -2.17. The molecule has 0 aliphatic heterocycles. The van der Waals surface area contributed by atoms with Gasteiger partial charge < -0.3 is 5.73 Å². The number of nitrogens with two attached hydrogens (primary N) is 1. The second-order valence-electron chi connectivity index (χ2n) is 3.39. The zero-order valence-corrected chi connectivity index (χ0v) is 8.28. The van der Waals surface area contributed by atoms with E-state index >= 15 is 0 Å². The first-order valence-electron chi connectivity index (χ1n) is 4.39. The van der Waals surface area contributed by atoms with Gasteiger partial charge in [-0.05, 0) is 0 Å². The lowest BCUT2D eigenvalue weighted by molar-refractivity contribution is 0.0927. The number of halogens is 5. The van der Waals surface area contributed by atoms with Crippen molar-refractivity contribution in [3.05, 3.63) is 40.2 Å². The van der Waals surface area contributed by atoms with E-state index in [1.807, 2.05) is 0 Å². The molecule has 0 fully saturated rings. The van der Waals surface area contributed by atoms with Crippen LogP contribution in [-0.4, -0.2) is 11.6 Å². The maximum absolute atomic E-state index is 13.3. The molecular weight excluding hydrogens is 261 g/mol. The molecule has 0 unspecified atom stereocenters. The molecule has 18 heavy (non-hydrogen) atoms. The maximum Gasteiger partial charge on any atom is 0.228 e. The number of hydrogen-bond acceptors (Lipinski definition) is 3. The van der Waals surface area contributed by atoms with E-state index in [0.29, 0.717) is 0 Å². The summed E-state index contributed by atoms with van der Waals surface area (Å²) in [4.78, 5) is 22.4. The largest absolute Gasteiger partial charge is 0.396 e. The summed E-state index contributed by atoms with van der Waals surface area (Å²) in [6, 6.07) is 0. The summed E-state index contributed by atoms with van der Waals surface area (Å²) in [7, 11) is 0. The van der Waals surface area contributed by atoms with Gasteiger partial charge in [0.05, 0.1) is 16.8 Å². The molecule has 2 N–H and O–H groups in total. The van der Waals surface area contributed by atoms with Gasteiger partial charge in [-0.1, -0.05) is 0 Å². The lowest BCUT2D eigenvalue weighted by Crippen LogP contribution is -2.24. The lowest BCUT2D eigenvalue weighted by Gasteiger charge is -2.16. The molecule has 0 heterocycles. The second kappa shape index (κ2) is 3.62. The number of allylic oxidation sites excluding steroid dienone is 2. The Morgan fingerprint density at radius 1 is 0.667 bits per heavy atom. The third-order valence-electron chi connectivity index (χ3n) is 2.41. The van der Waals surface area contributed by atoms with Gasteiger partial charge in [-0.3, -0.25) is 9.59 Å².